The van der Waals surface area contributed by atoms with Gasteiger partial charge in [0.1, 0.15) is 11.4 Å². The van der Waals surface area contributed by atoms with Crippen molar-refractivity contribution in [1.29, 1.82) is 0 Å². The molecule has 0 spiro atoms. The van der Waals surface area contributed by atoms with Crippen LogP contribution in [0.15, 0.2) is 66.7 Å². The zero-order valence-electron chi connectivity index (χ0n) is 13.0. The van der Waals surface area contributed by atoms with Gasteiger partial charge in [-0.2, -0.15) is 0 Å². The first kappa shape index (κ1) is 16.2. The van der Waals surface area contributed by atoms with E-state index in [1.807, 2.05) is 18.2 Å². The van der Waals surface area contributed by atoms with Gasteiger partial charge in [-0.1, -0.05) is 54.6 Å². The van der Waals surface area contributed by atoms with Crippen molar-refractivity contribution < 1.29 is 19.5 Å². The highest BCUT2D eigenvalue weighted by atomic mass is 16.3. The molecule has 2 N–H and O–H groups in total. The van der Waals surface area contributed by atoms with Crippen molar-refractivity contribution in [2.75, 3.05) is 5.01 Å². The summed E-state index contributed by atoms with van der Waals surface area (Å²) in [4.78, 5) is 35.6. The van der Waals surface area contributed by atoms with Crippen LogP contribution < -0.4 is 10.4 Å². The maximum Gasteiger partial charge on any atom is 0.311 e. The molecular formula is C19H14N2O4. The van der Waals surface area contributed by atoms with E-state index in [4.69, 9.17) is 0 Å². The summed E-state index contributed by atoms with van der Waals surface area (Å²) in [6, 6.07) is 18.3. The molecule has 0 aliphatic carbocycles. The van der Waals surface area contributed by atoms with Gasteiger partial charge < -0.3 is 5.11 Å². The standard InChI is InChI=1S/C19H14N2O4/c22-12-21(20-19(25)18(24)13-6-2-1-3-7-13)16-10-14-8-4-5-9-15(14)11-17(16)23/h1-12,23H,(H,20,25). The smallest absolute Gasteiger partial charge is 0.311 e. The monoisotopic (exact) mass is 334 g/mol. The van der Waals surface area contributed by atoms with Crippen LogP contribution in [0.25, 0.3) is 10.8 Å². The molecule has 0 radical (unpaired) electrons. The predicted molar refractivity (Wildman–Crippen MR) is 93.1 cm³/mol. The molecule has 0 unspecified atom stereocenters. The minimum absolute atomic E-state index is 0.0721. The number of benzene rings is 3. The van der Waals surface area contributed by atoms with Crippen molar-refractivity contribution in [1.82, 2.24) is 5.43 Å². The van der Waals surface area contributed by atoms with Crippen LogP contribution in [0.2, 0.25) is 0 Å². The minimum atomic E-state index is -0.981. The molecule has 124 valence electrons. The number of Topliss-reactive ketones (excluding diaryl/α,β-unsaturated/α-hetero) is 1. The largest absolute Gasteiger partial charge is 0.506 e. The first-order valence-corrected chi connectivity index (χ1v) is 7.47. The second-order valence-electron chi connectivity index (χ2n) is 5.30. The summed E-state index contributed by atoms with van der Waals surface area (Å²) < 4.78 is 0. The number of phenols is 1. The first-order valence-electron chi connectivity index (χ1n) is 7.47. The number of anilines is 1. The Kier molecular flexibility index (Phi) is 4.43. The molecule has 0 heterocycles. The Morgan fingerprint density at radius 1 is 0.920 bits per heavy atom. The van der Waals surface area contributed by atoms with Gasteiger partial charge in [0.15, 0.2) is 0 Å². The number of aromatic hydroxyl groups is 1. The molecule has 3 aromatic rings. The first-order chi connectivity index (χ1) is 12.1. The summed E-state index contributed by atoms with van der Waals surface area (Å²) in [7, 11) is 0. The third-order valence-electron chi connectivity index (χ3n) is 3.67. The Morgan fingerprint density at radius 3 is 2.16 bits per heavy atom. The molecule has 3 aromatic carbocycles. The van der Waals surface area contributed by atoms with Crippen molar-refractivity contribution in [3.05, 3.63) is 72.3 Å². The van der Waals surface area contributed by atoms with E-state index in [1.165, 1.54) is 18.2 Å². The number of rotatable bonds is 5. The van der Waals surface area contributed by atoms with E-state index in [0.29, 0.717) is 6.41 Å². The molecule has 0 fully saturated rings. The molecule has 0 aliphatic rings. The van der Waals surface area contributed by atoms with Crippen molar-refractivity contribution in [3.63, 3.8) is 0 Å². The average molecular weight is 334 g/mol. The summed E-state index contributed by atoms with van der Waals surface area (Å²) in [5.74, 6) is -1.96. The van der Waals surface area contributed by atoms with Gasteiger partial charge in [-0.3, -0.25) is 19.8 Å². The lowest BCUT2D eigenvalue weighted by atomic mass is 10.1. The van der Waals surface area contributed by atoms with E-state index < -0.39 is 11.7 Å². The van der Waals surface area contributed by atoms with Crippen molar-refractivity contribution in [2.45, 2.75) is 0 Å². The maximum atomic E-state index is 12.1. The molecule has 0 saturated heterocycles. The van der Waals surface area contributed by atoms with Crippen molar-refractivity contribution in [2.24, 2.45) is 0 Å². The van der Waals surface area contributed by atoms with E-state index in [2.05, 4.69) is 5.43 Å². The Labute approximate surface area is 143 Å². The van der Waals surface area contributed by atoms with Gasteiger partial charge in [-0.25, -0.2) is 5.01 Å². The lowest BCUT2D eigenvalue weighted by molar-refractivity contribution is -0.119. The second-order valence-corrected chi connectivity index (χ2v) is 5.30. The van der Waals surface area contributed by atoms with Crippen LogP contribution in [0.1, 0.15) is 10.4 Å². The highest BCUT2D eigenvalue weighted by molar-refractivity contribution is 6.43. The van der Waals surface area contributed by atoms with Crippen LogP contribution in [0.4, 0.5) is 5.69 Å². The van der Waals surface area contributed by atoms with Gasteiger partial charge in [0.25, 0.3) is 5.78 Å². The predicted octanol–water partition coefficient (Wildman–Crippen LogP) is 2.42. The fourth-order valence-electron chi connectivity index (χ4n) is 2.43. The highest BCUT2D eigenvalue weighted by Gasteiger charge is 2.20. The fourth-order valence-corrected chi connectivity index (χ4v) is 2.43. The number of nitrogens with one attached hydrogen (secondary N) is 1. The normalized spacial score (nSPS) is 10.2. The molecule has 0 aromatic heterocycles. The average Bonchev–Trinajstić information content (AvgIpc) is 2.65. The summed E-state index contributed by atoms with van der Waals surface area (Å²) in [6.07, 6.45) is 0.319. The number of hydrogen-bond acceptors (Lipinski definition) is 4. The van der Waals surface area contributed by atoms with Crippen LogP contribution in [-0.2, 0) is 9.59 Å². The van der Waals surface area contributed by atoms with Gasteiger partial charge >= 0.3 is 5.91 Å². The number of carbonyl (C=O) groups excluding carboxylic acids is 3. The third-order valence-corrected chi connectivity index (χ3v) is 3.67. The van der Waals surface area contributed by atoms with E-state index in [-0.39, 0.29) is 17.0 Å². The third kappa shape index (κ3) is 3.32. The molecule has 6 heteroatoms. The topological polar surface area (TPSA) is 86.7 Å². The zero-order valence-corrected chi connectivity index (χ0v) is 13.0. The van der Waals surface area contributed by atoms with Gasteiger partial charge in [0.05, 0.1) is 0 Å². The zero-order chi connectivity index (χ0) is 17.8. The number of nitrogens with zero attached hydrogens (tertiary/aromatic N) is 1. The summed E-state index contributed by atoms with van der Waals surface area (Å²) in [5, 5.41) is 12.5. The maximum absolute atomic E-state index is 12.1. The number of hydrogen-bond donors (Lipinski definition) is 2. The lowest BCUT2D eigenvalue weighted by Crippen LogP contribution is -2.44. The van der Waals surface area contributed by atoms with Crippen LogP contribution >= 0.6 is 0 Å². The molecule has 3 rings (SSSR count). The molecule has 2 amide bonds. The summed E-state index contributed by atoms with van der Waals surface area (Å²) in [5.41, 5.74) is 2.48. The van der Waals surface area contributed by atoms with Gasteiger partial charge in [-0.05, 0) is 22.9 Å². The quantitative estimate of drug-likeness (QED) is 0.325. The number of fused-ring (bicyclic) bond motifs is 1. The molecular weight excluding hydrogens is 320 g/mol. The second kappa shape index (κ2) is 6.84. The Morgan fingerprint density at radius 2 is 1.52 bits per heavy atom. The fraction of sp³-hybridized carbons (Fsp3) is 0. The minimum Gasteiger partial charge on any atom is -0.506 e. The molecule has 0 aliphatic heterocycles. The Hall–Kier alpha value is -3.67. The van der Waals surface area contributed by atoms with Crippen molar-refractivity contribution >= 4 is 34.6 Å². The number of hydrazine groups is 1. The molecule has 0 atom stereocenters. The molecule has 0 saturated carbocycles. The van der Waals surface area contributed by atoms with Gasteiger partial charge in [0.2, 0.25) is 6.41 Å². The molecule has 6 nitrogen and oxygen atoms in total. The SMILES string of the molecule is O=CN(NC(=O)C(=O)c1ccccc1)c1cc2ccccc2cc1O. The number of ketones is 1. The highest BCUT2D eigenvalue weighted by Crippen LogP contribution is 2.31. The summed E-state index contributed by atoms with van der Waals surface area (Å²) >= 11 is 0. The van der Waals surface area contributed by atoms with Crippen LogP contribution in [0.3, 0.4) is 0 Å². The Balaban J connectivity index is 1.88. The number of carbonyl (C=O) groups is 3. The van der Waals surface area contributed by atoms with Crippen LogP contribution in [-0.4, -0.2) is 23.2 Å². The molecule has 25 heavy (non-hydrogen) atoms. The van der Waals surface area contributed by atoms with Crippen LogP contribution in [0.5, 0.6) is 5.75 Å². The molecule has 0 bridgehead atoms. The Bertz CT molecular complexity index is 954. The van der Waals surface area contributed by atoms with E-state index in [0.717, 1.165) is 15.8 Å². The summed E-state index contributed by atoms with van der Waals surface area (Å²) in [6.45, 7) is 0. The van der Waals surface area contributed by atoms with E-state index >= 15 is 0 Å². The van der Waals surface area contributed by atoms with Gasteiger partial charge in [0, 0.05) is 5.56 Å². The van der Waals surface area contributed by atoms with Crippen LogP contribution in [0, 0.1) is 0 Å². The lowest BCUT2D eigenvalue weighted by Gasteiger charge is -2.19. The van der Waals surface area contributed by atoms with E-state index in [9.17, 15) is 19.5 Å². The number of phenolic OH excluding ortho intramolecular Hbond substituents is 1. The van der Waals surface area contributed by atoms with Gasteiger partial charge in [-0.15, -0.1) is 0 Å². The van der Waals surface area contributed by atoms with Crippen molar-refractivity contribution in [3.8, 4) is 5.75 Å². The van der Waals surface area contributed by atoms with E-state index in [1.54, 1.807) is 30.3 Å². The number of amides is 2.